The van der Waals surface area contributed by atoms with E-state index in [1.54, 1.807) is 24.0 Å². The first kappa shape index (κ1) is 18.7. The standard InChI is InChI=1S/C22H28N4O2/c1-16(27)25-13-11-18(17-8-4-3-5-9-17)21-20(25)10-6-7-12-26(21)22(28)19-14-24(2)15-23-19/h3-5,8-9,14-15,18,20-21H,6-7,10-13H2,1-2H3/t18-,20-,21-/m1/s1. The smallest absolute Gasteiger partial charge is 0.274 e. The fraction of sp³-hybridized carbons (Fsp3) is 0.500. The summed E-state index contributed by atoms with van der Waals surface area (Å²) in [5, 5.41) is 0. The average Bonchev–Trinajstić information content (AvgIpc) is 3.02. The normalized spacial score (nSPS) is 25.1. The lowest BCUT2D eigenvalue weighted by Crippen LogP contribution is -2.60. The highest BCUT2D eigenvalue weighted by Crippen LogP contribution is 2.39. The minimum atomic E-state index is -0.0242. The maximum atomic E-state index is 13.4. The van der Waals surface area contributed by atoms with Crippen LogP contribution in [0.25, 0.3) is 0 Å². The number of fused-ring (bicyclic) bond motifs is 1. The molecule has 2 aliphatic rings. The Labute approximate surface area is 166 Å². The van der Waals surface area contributed by atoms with Crippen LogP contribution in [0.15, 0.2) is 42.9 Å². The number of benzene rings is 1. The van der Waals surface area contributed by atoms with Crippen molar-refractivity contribution >= 4 is 11.8 Å². The van der Waals surface area contributed by atoms with Crippen molar-refractivity contribution in [2.45, 2.75) is 50.6 Å². The average molecular weight is 380 g/mol. The van der Waals surface area contributed by atoms with Crippen molar-refractivity contribution in [3.63, 3.8) is 0 Å². The summed E-state index contributed by atoms with van der Waals surface area (Å²) in [5.74, 6) is 0.310. The van der Waals surface area contributed by atoms with Crippen LogP contribution in [-0.4, -0.2) is 56.3 Å². The van der Waals surface area contributed by atoms with E-state index >= 15 is 0 Å². The first-order valence-corrected chi connectivity index (χ1v) is 10.2. The zero-order valence-electron chi connectivity index (χ0n) is 16.6. The molecule has 0 saturated carbocycles. The lowest BCUT2D eigenvalue weighted by Gasteiger charge is -2.48. The van der Waals surface area contributed by atoms with E-state index in [-0.39, 0.29) is 29.8 Å². The number of carbonyl (C=O) groups excluding carboxylic acids is 2. The van der Waals surface area contributed by atoms with Gasteiger partial charge in [0.25, 0.3) is 5.91 Å². The van der Waals surface area contributed by atoms with Gasteiger partial charge in [-0.05, 0) is 31.2 Å². The molecule has 0 radical (unpaired) electrons. The highest BCUT2D eigenvalue weighted by atomic mass is 16.2. The van der Waals surface area contributed by atoms with Crippen molar-refractivity contribution in [2.75, 3.05) is 13.1 Å². The van der Waals surface area contributed by atoms with Crippen molar-refractivity contribution in [1.82, 2.24) is 19.4 Å². The van der Waals surface area contributed by atoms with E-state index in [2.05, 4.69) is 29.2 Å². The molecule has 0 bridgehead atoms. The van der Waals surface area contributed by atoms with Gasteiger partial charge < -0.3 is 14.4 Å². The number of rotatable bonds is 2. The maximum Gasteiger partial charge on any atom is 0.274 e. The van der Waals surface area contributed by atoms with Crippen LogP contribution in [0.3, 0.4) is 0 Å². The molecule has 28 heavy (non-hydrogen) atoms. The molecular formula is C22H28N4O2. The Morgan fingerprint density at radius 1 is 1.04 bits per heavy atom. The molecule has 148 valence electrons. The van der Waals surface area contributed by atoms with Crippen LogP contribution in [0, 0.1) is 0 Å². The van der Waals surface area contributed by atoms with Gasteiger partial charge in [0, 0.05) is 39.2 Å². The molecule has 6 heteroatoms. The Balaban J connectivity index is 1.75. The zero-order valence-corrected chi connectivity index (χ0v) is 16.6. The van der Waals surface area contributed by atoms with E-state index in [0.29, 0.717) is 12.2 Å². The van der Waals surface area contributed by atoms with Crippen molar-refractivity contribution in [3.05, 3.63) is 54.1 Å². The van der Waals surface area contributed by atoms with Gasteiger partial charge in [0.05, 0.1) is 18.4 Å². The summed E-state index contributed by atoms with van der Waals surface area (Å²) in [5.41, 5.74) is 1.73. The molecule has 2 aromatic rings. The summed E-state index contributed by atoms with van der Waals surface area (Å²) in [7, 11) is 1.87. The molecule has 0 aliphatic carbocycles. The highest BCUT2D eigenvalue weighted by molar-refractivity contribution is 5.92. The van der Waals surface area contributed by atoms with Crippen molar-refractivity contribution in [2.24, 2.45) is 7.05 Å². The second kappa shape index (κ2) is 7.78. The van der Waals surface area contributed by atoms with E-state index in [0.717, 1.165) is 32.2 Å². The monoisotopic (exact) mass is 380 g/mol. The second-order valence-electron chi connectivity index (χ2n) is 7.99. The predicted molar refractivity (Wildman–Crippen MR) is 107 cm³/mol. The van der Waals surface area contributed by atoms with Crippen LogP contribution in [0.2, 0.25) is 0 Å². The van der Waals surface area contributed by atoms with E-state index in [1.165, 1.54) is 5.56 Å². The van der Waals surface area contributed by atoms with E-state index in [1.807, 2.05) is 22.9 Å². The van der Waals surface area contributed by atoms with E-state index in [4.69, 9.17) is 0 Å². The number of nitrogens with zero attached hydrogens (tertiary/aromatic N) is 4. The number of hydrogen-bond acceptors (Lipinski definition) is 3. The van der Waals surface area contributed by atoms with Crippen LogP contribution in [-0.2, 0) is 11.8 Å². The Kier molecular flexibility index (Phi) is 5.20. The largest absolute Gasteiger partial charge is 0.340 e. The quantitative estimate of drug-likeness (QED) is 0.805. The van der Waals surface area contributed by atoms with Crippen LogP contribution in [0.4, 0.5) is 0 Å². The topological polar surface area (TPSA) is 58.4 Å². The van der Waals surface area contributed by atoms with Crippen molar-refractivity contribution in [1.29, 1.82) is 0 Å². The summed E-state index contributed by atoms with van der Waals surface area (Å²) in [6.07, 6.45) is 7.25. The molecule has 1 aromatic carbocycles. The molecular weight excluding hydrogens is 352 g/mol. The Bertz CT molecular complexity index is 847. The van der Waals surface area contributed by atoms with Gasteiger partial charge >= 0.3 is 0 Å². The van der Waals surface area contributed by atoms with Crippen molar-refractivity contribution in [3.8, 4) is 0 Å². The van der Waals surface area contributed by atoms with Gasteiger partial charge in [-0.15, -0.1) is 0 Å². The number of amides is 2. The Morgan fingerprint density at radius 2 is 1.82 bits per heavy atom. The van der Waals surface area contributed by atoms with Gasteiger partial charge in [0.1, 0.15) is 5.69 Å². The third-order valence-corrected chi connectivity index (χ3v) is 6.21. The predicted octanol–water partition coefficient (Wildman–Crippen LogP) is 2.82. The molecule has 2 saturated heterocycles. The molecule has 1 aromatic heterocycles. The van der Waals surface area contributed by atoms with Gasteiger partial charge in [-0.3, -0.25) is 9.59 Å². The number of likely N-dealkylation sites (tertiary alicyclic amines) is 2. The number of carbonyl (C=O) groups is 2. The molecule has 0 spiro atoms. The van der Waals surface area contributed by atoms with Crippen LogP contribution < -0.4 is 0 Å². The third kappa shape index (κ3) is 3.43. The number of piperidine rings is 1. The highest BCUT2D eigenvalue weighted by Gasteiger charge is 2.45. The first-order chi connectivity index (χ1) is 13.6. The SMILES string of the molecule is CC(=O)N1CC[C@H](c2ccccc2)[C@@H]2[C@H]1CCCCN2C(=O)c1cn(C)cn1. The molecule has 2 amide bonds. The minimum absolute atomic E-state index is 0.0166. The summed E-state index contributed by atoms with van der Waals surface area (Å²) in [4.78, 5) is 34.1. The lowest BCUT2D eigenvalue weighted by molar-refractivity contribution is -0.134. The second-order valence-corrected chi connectivity index (χ2v) is 7.99. The molecule has 2 aliphatic heterocycles. The van der Waals surface area contributed by atoms with Gasteiger partial charge in [0.2, 0.25) is 5.91 Å². The van der Waals surface area contributed by atoms with Crippen LogP contribution >= 0.6 is 0 Å². The van der Waals surface area contributed by atoms with Gasteiger partial charge in [0.15, 0.2) is 0 Å². The first-order valence-electron chi connectivity index (χ1n) is 10.2. The third-order valence-electron chi connectivity index (χ3n) is 6.21. The number of imidazole rings is 1. The van der Waals surface area contributed by atoms with E-state index < -0.39 is 0 Å². The van der Waals surface area contributed by atoms with E-state index in [9.17, 15) is 9.59 Å². The molecule has 2 fully saturated rings. The van der Waals surface area contributed by atoms with Crippen LogP contribution in [0.1, 0.15) is 54.6 Å². The Morgan fingerprint density at radius 3 is 2.50 bits per heavy atom. The minimum Gasteiger partial charge on any atom is -0.340 e. The maximum absolute atomic E-state index is 13.4. The fourth-order valence-corrected chi connectivity index (χ4v) is 4.97. The molecule has 4 rings (SSSR count). The van der Waals surface area contributed by atoms with Gasteiger partial charge in [-0.2, -0.15) is 0 Å². The van der Waals surface area contributed by atoms with Gasteiger partial charge in [-0.1, -0.05) is 30.3 Å². The number of aryl methyl sites for hydroxylation is 1. The van der Waals surface area contributed by atoms with Gasteiger partial charge in [-0.25, -0.2) is 4.98 Å². The molecule has 0 unspecified atom stereocenters. The summed E-state index contributed by atoms with van der Waals surface area (Å²) in [6.45, 7) is 3.11. The number of hydrogen-bond donors (Lipinski definition) is 0. The molecule has 3 atom stereocenters. The molecule has 0 N–H and O–H groups in total. The molecule has 6 nitrogen and oxygen atoms in total. The zero-order chi connectivity index (χ0) is 19.7. The van der Waals surface area contributed by atoms with Crippen LogP contribution in [0.5, 0.6) is 0 Å². The lowest BCUT2D eigenvalue weighted by atomic mass is 9.78. The Hall–Kier alpha value is -2.63. The summed E-state index contributed by atoms with van der Waals surface area (Å²) >= 11 is 0. The fourth-order valence-electron chi connectivity index (χ4n) is 4.97. The molecule has 3 heterocycles. The summed E-state index contributed by atoms with van der Waals surface area (Å²) < 4.78 is 1.81. The summed E-state index contributed by atoms with van der Waals surface area (Å²) in [6, 6.07) is 10.5. The number of aromatic nitrogens is 2. The van der Waals surface area contributed by atoms with Crippen molar-refractivity contribution < 1.29 is 9.59 Å².